The number of hydrogen-bond donors (Lipinski definition) is 1. The summed E-state index contributed by atoms with van der Waals surface area (Å²) in [7, 11) is 0. The zero-order chi connectivity index (χ0) is 19.7. The molecule has 3 fully saturated rings. The number of phenolic OH excluding ortho intramolecular Hbond substituents is 1. The van der Waals surface area contributed by atoms with Crippen molar-refractivity contribution < 1.29 is 19.4 Å². The number of phenols is 1. The Hall–Kier alpha value is -2.08. The minimum Gasteiger partial charge on any atom is -0.508 e. The van der Waals surface area contributed by atoms with Crippen LogP contribution < -0.4 is 0 Å². The molecule has 3 aliphatic rings. The molecule has 3 saturated heterocycles. The summed E-state index contributed by atoms with van der Waals surface area (Å²) in [5.41, 5.74) is 1.34. The summed E-state index contributed by atoms with van der Waals surface area (Å²) in [6.45, 7) is 5.50. The Labute approximate surface area is 166 Å². The summed E-state index contributed by atoms with van der Waals surface area (Å²) in [6, 6.07) is 5.11. The standard InChI is InChI=1S/C22H30N2O4/c1-16-18(5-2-6-19(16)25)21(27)23-11-9-22(10-12-23)8-7-20(26)24(15-22)14-17-4-3-13-28-17/h2,5-6,17,25H,3-4,7-15H2,1H3. The van der Waals surface area contributed by atoms with Gasteiger partial charge in [-0.3, -0.25) is 9.59 Å². The molecule has 3 heterocycles. The van der Waals surface area contributed by atoms with E-state index in [2.05, 4.69) is 0 Å². The first-order chi connectivity index (χ1) is 13.5. The average Bonchev–Trinajstić information content (AvgIpc) is 3.20. The highest BCUT2D eigenvalue weighted by atomic mass is 16.5. The first-order valence-corrected chi connectivity index (χ1v) is 10.4. The van der Waals surface area contributed by atoms with Crippen LogP contribution in [0.4, 0.5) is 0 Å². The molecule has 6 heteroatoms. The number of nitrogens with zero attached hydrogens (tertiary/aromatic N) is 2. The van der Waals surface area contributed by atoms with Crippen molar-refractivity contribution in [3.8, 4) is 5.75 Å². The topological polar surface area (TPSA) is 70.1 Å². The monoisotopic (exact) mass is 386 g/mol. The van der Waals surface area contributed by atoms with E-state index in [0.717, 1.165) is 45.3 Å². The van der Waals surface area contributed by atoms with Crippen molar-refractivity contribution in [2.24, 2.45) is 5.41 Å². The van der Waals surface area contributed by atoms with Crippen LogP contribution in [-0.4, -0.2) is 65.6 Å². The Balaban J connectivity index is 1.39. The highest BCUT2D eigenvalue weighted by molar-refractivity contribution is 5.96. The predicted octanol–water partition coefficient (Wildman–Crippen LogP) is 2.72. The Bertz CT molecular complexity index is 749. The molecule has 2 amide bonds. The van der Waals surface area contributed by atoms with E-state index in [9.17, 15) is 14.7 Å². The number of benzene rings is 1. The first-order valence-electron chi connectivity index (χ1n) is 10.4. The lowest BCUT2D eigenvalue weighted by Crippen LogP contribution is -2.53. The van der Waals surface area contributed by atoms with Crippen molar-refractivity contribution in [2.75, 3.05) is 32.8 Å². The molecule has 0 radical (unpaired) electrons. The molecule has 3 aliphatic heterocycles. The lowest BCUT2D eigenvalue weighted by molar-refractivity contribution is -0.141. The van der Waals surface area contributed by atoms with Crippen LogP contribution in [0.5, 0.6) is 5.75 Å². The van der Waals surface area contributed by atoms with Gasteiger partial charge < -0.3 is 19.6 Å². The third-order valence-electron chi connectivity index (χ3n) is 6.84. The zero-order valence-corrected chi connectivity index (χ0v) is 16.7. The lowest BCUT2D eigenvalue weighted by atomic mass is 9.72. The van der Waals surface area contributed by atoms with Gasteiger partial charge in [-0.1, -0.05) is 6.07 Å². The maximum atomic E-state index is 12.9. The maximum Gasteiger partial charge on any atom is 0.254 e. The number of carbonyl (C=O) groups excluding carboxylic acids is 2. The molecule has 0 bridgehead atoms. The van der Waals surface area contributed by atoms with Crippen molar-refractivity contribution in [2.45, 2.75) is 51.6 Å². The molecule has 1 spiro atoms. The summed E-state index contributed by atoms with van der Waals surface area (Å²) >= 11 is 0. The molecular weight excluding hydrogens is 356 g/mol. The second-order valence-corrected chi connectivity index (χ2v) is 8.65. The fraction of sp³-hybridized carbons (Fsp3) is 0.636. The van der Waals surface area contributed by atoms with Crippen LogP contribution in [0.3, 0.4) is 0 Å². The van der Waals surface area contributed by atoms with Gasteiger partial charge >= 0.3 is 0 Å². The molecule has 1 aromatic carbocycles. The van der Waals surface area contributed by atoms with Gasteiger partial charge in [-0.15, -0.1) is 0 Å². The van der Waals surface area contributed by atoms with Crippen molar-refractivity contribution >= 4 is 11.8 Å². The lowest BCUT2D eigenvalue weighted by Gasteiger charge is -2.47. The summed E-state index contributed by atoms with van der Waals surface area (Å²) in [5, 5.41) is 9.90. The fourth-order valence-corrected chi connectivity index (χ4v) is 4.92. The Morgan fingerprint density at radius 2 is 2.07 bits per heavy atom. The zero-order valence-electron chi connectivity index (χ0n) is 16.7. The highest BCUT2D eigenvalue weighted by Crippen LogP contribution is 2.41. The number of piperidine rings is 2. The van der Waals surface area contributed by atoms with Gasteiger partial charge in [0, 0.05) is 50.3 Å². The molecule has 0 saturated carbocycles. The first kappa shape index (κ1) is 19.2. The van der Waals surface area contributed by atoms with Gasteiger partial charge in [0.15, 0.2) is 0 Å². The molecule has 28 heavy (non-hydrogen) atoms. The van der Waals surface area contributed by atoms with Crippen molar-refractivity contribution in [3.05, 3.63) is 29.3 Å². The summed E-state index contributed by atoms with van der Waals surface area (Å²) in [4.78, 5) is 29.2. The number of aromatic hydroxyl groups is 1. The molecule has 0 aromatic heterocycles. The van der Waals surface area contributed by atoms with E-state index in [0.29, 0.717) is 37.2 Å². The number of carbonyl (C=O) groups is 2. The van der Waals surface area contributed by atoms with E-state index in [-0.39, 0.29) is 29.1 Å². The number of rotatable bonds is 3. The van der Waals surface area contributed by atoms with Gasteiger partial charge in [0.25, 0.3) is 5.91 Å². The van der Waals surface area contributed by atoms with E-state index in [1.807, 2.05) is 9.80 Å². The van der Waals surface area contributed by atoms with E-state index in [1.165, 1.54) is 0 Å². The van der Waals surface area contributed by atoms with Crippen LogP contribution in [0.15, 0.2) is 18.2 Å². The minimum atomic E-state index is -0.00801. The quantitative estimate of drug-likeness (QED) is 0.867. The SMILES string of the molecule is Cc1c(O)cccc1C(=O)N1CCC2(CCC(=O)N(CC3CCCO3)C2)CC1. The Kier molecular flexibility index (Phi) is 5.32. The van der Waals surface area contributed by atoms with Crippen molar-refractivity contribution in [1.29, 1.82) is 0 Å². The summed E-state index contributed by atoms with van der Waals surface area (Å²) in [6.07, 6.45) is 5.69. The normalized spacial score (nSPS) is 24.8. The van der Waals surface area contributed by atoms with Crippen LogP contribution >= 0.6 is 0 Å². The van der Waals surface area contributed by atoms with Crippen LogP contribution in [0, 0.1) is 12.3 Å². The molecule has 6 nitrogen and oxygen atoms in total. The summed E-state index contributed by atoms with van der Waals surface area (Å²) in [5.74, 6) is 0.399. The van der Waals surface area contributed by atoms with E-state index in [4.69, 9.17) is 4.74 Å². The third kappa shape index (κ3) is 3.75. The second-order valence-electron chi connectivity index (χ2n) is 8.65. The predicted molar refractivity (Wildman–Crippen MR) is 105 cm³/mol. The molecule has 1 atom stereocenters. The van der Waals surface area contributed by atoms with Crippen LogP contribution in [0.25, 0.3) is 0 Å². The van der Waals surface area contributed by atoms with Crippen LogP contribution in [0.1, 0.15) is 54.4 Å². The van der Waals surface area contributed by atoms with Crippen LogP contribution in [-0.2, 0) is 9.53 Å². The fourth-order valence-electron chi connectivity index (χ4n) is 4.92. The van der Waals surface area contributed by atoms with Gasteiger partial charge in [-0.25, -0.2) is 0 Å². The van der Waals surface area contributed by atoms with Gasteiger partial charge in [-0.2, -0.15) is 0 Å². The minimum absolute atomic E-state index is 0.00801. The van der Waals surface area contributed by atoms with Crippen molar-refractivity contribution in [3.63, 3.8) is 0 Å². The molecule has 4 rings (SSSR count). The largest absolute Gasteiger partial charge is 0.508 e. The average molecular weight is 386 g/mol. The molecular formula is C22H30N2O4. The number of amides is 2. The van der Waals surface area contributed by atoms with Crippen molar-refractivity contribution in [1.82, 2.24) is 9.80 Å². The Morgan fingerprint density at radius 3 is 2.79 bits per heavy atom. The smallest absolute Gasteiger partial charge is 0.254 e. The van der Waals surface area contributed by atoms with Gasteiger partial charge in [0.05, 0.1) is 6.10 Å². The molecule has 1 aromatic rings. The number of hydrogen-bond acceptors (Lipinski definition) is 4. The van der Waals surface area contributed by atoms with Crippen LogP contribution in [0.2, 0.25) is 0 Å². The van der Waals surface area contributed by atoms with Gasteiger partial charge in [-0.05, 0) is 56.6 Å². The number of likely N-dealkylation sites (tertiary alicyclic amines) is 2. The maximum absolute atomic E-state index is 12.9. The van der Waals surface area contributed by atoms with E-state index in [1.54, 1.807) is 25.1 Å². The Morgan fingerprint density at radius 1 is 1.29 bits per heavy atom. The summed E-state index contributed by atoms with van der Waals surface area (Å²) < 4.78 is 5.73. The van der Waals surface area contributed by atoms with E-state index >= 15 is 0 Å². The molecule has 152 valence electrons. The third-order valence-corrected chi connectivity index (χ3v) is 6.84. The van der Waals surface area contributed by atoms with Gasteiger partial charge in [0.1, 0.15) is 5.75 Å². The molecule has 0 aliphatic carbocycles. The highest BCUT2D eigenvalue weighted by Gasteiger charge is 2.42. The molecule has 1 unspecified atom stereocenters. The van der Waals surface area contributed by atoms with Gasteiger partial charge in [0.2, 0.25) is 5.91 Å². The molecule has 1 N–H and O–H groups in total. The second kappa shape index (κ2) is 7.74. The number of ether oxygens (including phenoxy) is 1. The van der Waals surface area contributed by atoms with E-state index < -0.39 is 0 Å².